The van der Waals surface area contributed by atoms with Gasteiger partial charge in [0.05, 0.1) is 26.4 Å². The van der Waals surface area contributed by atoms with Crippen molar-refractivity contribution in [2.45, 2.75) is 76.4 Å². The zero-order chi connectivity index (χ0) is 23.3. The Morgan fingerprint density at radius 1 is 0.970 bits per heavy atom. The number of hydrogen-bond acceptors (Lipinski definition) is 7. The summed E-state index contributed by atoms with van der Waals surface area (Å²) < 4.78 is 36.4. The molecule has 2 aliphatic rings. The lowest BCUT2D eigenvalue weighted by molar-refractivity contribution is -0.235. The van der Waals surface area contributed by atoms with E-state index in [-0.39, 0.29) is 31.0 Å². The standard InChI is InChI=1S/C26H34O7/c1-26(2)32-24-23(30-17-19-11-13-20(28-3)14-12-19)22(31-25(24)33-26)21(10-7-15-27)29-16-18-8-5-4-6-9-18/h4-6,8-9,11-14,21-25,27H,7,10,15-17H2,1-3H3/t21-,22-,23?,24?,25-/m1/s1. The van der Waals surface area contributed by atoms with Crippen LogP contribution in [0.3, 0.4) is 0 Å². The Labute approximate surface area is 195 Å². The minimum absolute atomic E-state index is 0.0855. The first-order valence-corrected chi connectivity index (χ1v) is 11.5. The zero-order valence-corrected chi connectivity index (χ0v) is 19.5. The molecule has 2 aliphatic heterocycles. The smallest absolute Gasteiger partial charge is 0.190 e. The molecule has 0 bridgehead atoms. The molecule has 2 unspecified atom stereocenters. The molecule has 2 fully saturated rings. The summed E-state index contributed by atoms with van der Waals surface area (Å²) in [5.41, 5.74) is 2.10. The summed E-state index contributed by atoms with van der Waals surface area (Å²) in [5, 5.41) is 9.45. The fourth-order valence-corrected chi connectivity index (χ4v) is 4.32. The second kappa shape index (κ2) is 11.0. The third kappa shape index (κ3) is 6.12. The summed E-state index contributed by atoms with van der Waals surface area (Å²) >= 11 is 0. The van der Waals surface area contributed by atoms with Crippen LogP contribution in [0.25, 0.3) is 0 Å². The maximum Gasteiger partial charge on any atom is 0.190 e. The van der Waals surface area contributed by atoms with Crippen LogP contribution >= 0.6 is 0 Å². The Morgan fingerprint density at radius 3 is 2.39 bits per heavy atom. The normalized spacial score (nSPS) is 26.8. The van der Waals surface area contributed by atoms with Gasteiger partial charge >= 0.3 is 0 Å². The van der Waals surface area contributed by atoms with Gasteiger partial charge in [-0.25, -0.2) is 0 Å². The van der Waals surface area contributed by atoms with E-state index in [1.165, 1.54) is 0 Å². The second-order valence-corrected chi connectivity index (χ2v) is 8.89. The number of benzene rings is 2. The minimum Gasteiger partial charge on any atom is -0.497 e. The fraction of sp³-hybridized carbons (Fsp3) is 0.538. The lowest BCUT2D eigenvalue weighted by atomic mass is 10.0. The molecule has 0 radical (unpaired) electrons. The molecule has 0 saturated carbocycles. The van der Waals surface area contributed by atoms with Crippen LogP contribution in [-0.2, 0) is 36.9 Å². The number of rotatable bonds is 11. The number of ether oxygens (including phenoxy) is 6. The van der Waals surface area contributed by atoms with E-state index in [1.54, 1.807) is 7.11 Å². The molecule has 7 heteroatoms. The van der Waals surface area contributed by atoms with E-state index in [4.69, 9.17) is 28.4 Å². The van der Waals surface area contributed by atoms with Crippen molar-refractivity contribution in [3.63, 3.8) is 0 Å². The van der Waals surface area contributed by atoms with Crippen LogP contribution in [0.1, 0.15) is 37.8 Å². The molecule has 1 N–H and O–H groups in total. The predicted molar refractivity (Wildman–Crippen MR) is 122 cm³/mol. The molecule has 2 heterocycles. The summed E-state index contributed by atoms with van der Waals surface area (Å²) in [7, 11) is 1.65. The third-order valence-electron chi connectivity index (χ3n) is 5.95. The highest BCUT2D eigenvalue weighted by molar-refractivity contribution is 5.26. The van der Waals surface area contributed by atoms with E-state index >= 15 is 0 Å². The van der Waals surface area contributed by atoms with Gasteiger partial charge in [0.1, 0.15) is 24.1 Å². The predicted octanol–water partition coefficient (Wildman–Crippen LogP) is 3.81. The summed E-state index contributed by atoms with van der Waals surface area (Å²) in [6, 6.07) is 17.8. The van der Waals surface area contributed by atoms with E-state index < -0.39 is 12.1 Å². The Kier molecular flexibility index (Phi) is 8.01. The molecule has 33 heavy (non-hydrogen) atoms. The average molecular weight is 459 g/mol. The van der Waals surface area contributed by atoms with Gasteiger partial charge < -0.3 is 33.5 Å². The van der Waals surface area contributed by atoms with E-state index in [0.717, 1.165) is 16.9 Å². The van der Waals surface area contributed by atoms with E-state index in [2.05, 4.69) is 0 Å². The summed E-state index contributed by atoms with van der Waals surface area (Å²) in [6.07, 6.45) is -0.683. The van der Waals surface area contributed by atoms with Crippen molar-refractivity contribution < 1.29 is 33.5 Å². The minimum atomic E-state index is -0.743. The van der Waals surface area contributed by atoms with Crippen molar-refractivity contribution in [2.75, 3.05) is 13.7 Å². The molecule has 4 rings (SSSR count). The van der Waals surface area contributed by atoms with Crippen molar-refractivity contribution in [1.29, 1.82) is 0 Å². The van der Waals surface area contributed by atoms with Crippen LogP contribution in [0.15, 0.2) is 54.6 Å². The zero-order valence-electron chi connectivity index (χ0n) is 19.5. The highest BCUT2D eigenvalue weighted by Crippen LogP contribution is 2.41. The molecule has 5 atom stereocenters. The van der Waals surface area contributed by atoms with Crippen molar-refractivity contribution in [2.24, 2.45) is 0 Å². The molecule has 2 aromatic carbocycles. The van der Waals surface area contributed by atoms with Gasteiger partial charge in [0.2, 0.25) is 0 Å². The van der Waals surface area contributed by atoms with Gasteiger partial charge in [0.25, 0.3) is 0 Å². The van der Waals surface area contributed by atoms with Gasteiger partial charge in [-0.05, 0) is 49.9 Å². The number of aliphatic hydroxyl groups is 1. The molecular formula is C26H34O7. The van der Waals surface area contributed by atoms with Gasteiger partial charge in [0.15, 0.2) is 12.1 Å². The monoisotopic (exact) mass is 458 g/mol. The number of aliphatic hydroxyl groups excluding tert-OH is 1. The Hall–Kier alpha value is -2.00. The maximum atomic E-state index is 9.45. The largest absolute Gasteiger partial charge is 0.497 e. The van der Waals surface area contributed by atoms with Gasteiger partial charge in [-0.1, -0.05) is 42.5 Å². The van der Waals surface area contributed by atoms with Crippen LogP contribution in [0, 0.1) is 0 Å². The van der Waals surface area contributed by atoms with Gasteiger partial charge in [0, 0.05) is 6.61 Å². The number of hydrogen-bond donors (Lipinski definition) is 1. The highest BCUT2D eigenvalue weighted by Gasteiger charge is 2.57. The second-order valence-electron chi connectivity index (χ2n) is 8.89. The van der Waals surface area contributed by atoms with Crippen LogP contribution in [-0.4, -0.2) is 55.3 Å². The average Bonchev–Trinajstić information content (AvgIpc) is 3.30. The van der Waals surface area contributed by atoms with Crippen molar-refractivity contribution in [3.05, 3.63) is 65.7 Å². The lowest BCUT2D eigenvalue weighted by Crippen LogP contribution is -2.43. The topological polar surface area (TPSA) is 75.6 Å². The van der Waals surface area contributed by atoms with Gasteiger partial charge in [-0.3, -0.25) is 0 Å². The van der Waals surface area contributed by atoms with Crippen LogP contribution in [0.4, 0.5) is 0 Å². The first-order chi connectivity index (χ1) is 16.0. The molecular weight excluding hydrogens is 424 g/mol. The van der Waals surface area contributed by atoms with Gasteiger partial charge in [-0.15, -0.1) is 0 Å². The number of methoxy groups -OCH3 is 1. The summed E-state index contributed by atoms with van der Waals surface area (Å²) in [5.74, 6) is 0.0570. The lowest BCUT2D eigenvalue weighted by Gasteiger charge is -2.31. The van der Waals surface area contributed by atoms with E-state index in [9.17, 15) is 5.11 Å². The van der Waals surface area contributed by atoms with Crippen LogP contribution < -0.4 is 4.74 Å². The number of fused-ring (bicyclic) bond motifs is 1. The summed E-state index contributed by atoms with van der Waals surface area (Å²) in [6.45, 7) is 4.68. The molecule has 0 amide bonds. The maximum absolute atomic E-state index is 9.45. The van der Waals surface area contributed by atoms with Crippen molar-refractivity contribution >= 4 is 0 Å². The molecule has 180 valence electrons. The summed E-state index contributed by atoms with van der Waals surface area (Å²) in [4.78, 5) is 0. The third-order valence-corrected chi connectivity index (χ3v) is 5.95. The van der Waals surface area contributed by atoms with E-state index in [0.29, 0.717) is 26.1 Å². The molecule has 0 aromatic heterocycles. The van der Waals surface area contributed by atoms with Crippen molar-refractivity contribution in [3.8, 4) is 5.75 Å². The van der Waals surface area contributed by atoms with Crippen molar-refractivity contribution in [1.82, 2.24) is 0 Å². The fourth-order valence-electron chi connectivity index (χ4n) is 4.32. The Bertz CT molecular complexity index is 855. The molecule has 2 aromatic rings. The first kappa shape index (κ1) is 24.1. The molecule has 7 nitrogen and oxygen atoms in total. The first-order valence-electron chi connectivity index (χ1n) is 11.5. The quantitative estimate of drug-likeness (QED) is 0.549. The highest BCUT2D eigenvalue weighted by atomic mass is 16.8. The Balaban J connectivity index is 1.49. The molecule has 0 spiro atoms. The molecule has 0 aliphatic carbocycles. The van der Waals surface area contributed by atoms with Crippen LogP contribution in [0.2, 0.25) is 0 Å². The van der Waals surface area contributed by atoms with Crippen LogP contribution in [0.5, 0.6) is 5.75 Å². The van der Waals surface area contributed by atoms with Gasteiger partial charge in [-0.2, -0.15) is 0 Å². The molecule has 2 saturated heterocycles. The SMILES string of the molecule is COc1ccc(COC2C3OC(C)(C)O[C@H]3O[C@@H]2[C@@H](CCCO)OCc2ccccc2)cc1. The van der Waals surface area contributed by atoms with E-state index in [1.807, 2.05) is 68.4 Å². The Morgan fingerprint density at radius 2 is 1.70 bits per heavy atom.